The lowest BCUT2D eigenvalue weighted by atomic mass is 9.90. The predicted octanol–water partition coefficient (Wildman–Crippen LogP) is 2.87. The Kier molecular flexibility index (Phi) is 3.80. The third-order valence-electron chi connectivity index (χ3n) is 5.51. The number of hydrogen-bond donors (Lipinski definition) is 1. The number of anilines is 1. The van der Waals surface area contributed by atoms with Gasteiger partial charge in [0.2, 0.25) is 5.91 Å². The van der Waals surface area contributed by atoms with E-state index in [9.17, 15) is 15.2 Å². The summed E-state index contributed by atoms with van der Waals surface area (Å²) in [5, 5.41) is 21.5. The molecule has 5 nitrogen and oxygen atoms in total. The van der Waals surface area contributed by atoms with Crippen LogP contribution in [0.1, 0.15) is 32.8 Å². The minimum Gasteiger partial charge on any atom is -0.391 e. The van der Waals surface area contributed by atoms with Gasteiger partial charge in [-0.1, -0.05) is 45.0 Å². The van der Waals surface area contributed by atoms with Crippen molar-refractivity contribution in [3.63, 3.8) is 0 Å². The second kappa shape index (κ2) is 5.80. The van der Waals surface area contributed by atoms with Gasteiger partial charge in [-0.2, -0.15) is 5.26 Å². The van der Waals surface area contributed by atoms with Crippen LogP contribution >= 0.6 is 0 Å². The first kappa shape index (κ1) is 17.0. The average molecular weight is 349 g/mol. The van der Waals surface area contributed by atoms with E-state index in [4.69, 9.17) is 0 Å². The highest BCUT2D eigenvalue weighted by Gasteiger charge is 2.56. The van der Waals surface area contributed by atoms with Crippen molar-refractivity contribution in [2.24, 2.45) is 5.41 Å². The van der Waals surface area contributed by atoms with Gasteiger partial charge >= 0.3 is 0 Å². The van der Waals surface area contributed by atoms with Crippen molar-refractivity contribution < 1.29 is 9.90 Å². The molecule has 26 heavy (non-hydrogen) atoms. The summed E-state index contributed by atoms with van der Waals surface area (Å²) in [6.45, 7) is 7.08. The Morgan fingerprint density at radius 2 is 1.85 bits per heavy atom. The summed E-state index contributed by atoms with van der Waals surface area (Å²) in [6, 6.07) is 13.1. The molecule has 2 fully saturated rings. The second-order valence-electron chi connectivity index (χ2n) is 8.28. The topological polar surface area (TPSA) is 67.6 Å². The standard InChI is InChI=1S/C21H23N3O2/c1-21(2,3)20-23-11-10-17(25)18(23)19(26)24(20)16-9-8-13(12-22)14-6-4-5-7-15(14)16/h4-9,17-18,20,25H,10-11H2,1-3H3/t17-,18-,20+/m0/s1. The molecular formula is C21H23N3O2. The number of rotatable bonds is 1. The van der Waals surface area contributed by atoms with Crippen LogP contribution in [0.15, 0.2) is 36.4 Å². The molecule has 0 aromatic heterocycles. The van der Waals surface area contributed by atoms with Gasteiger partial charge in [0.25, 0.3) is 0 Å². The summed E-state index contributed by atoms with van der Waals surface area (Å²) in [5.74, 6) is -0.0511. The Morgan fingerprint density at radius 1 is 1.15 bits per heavy atom. The number of aliphatic hydroxyl groups is 1. The molecular weight excluding hydrogens is 326 g/mol. The molecule has 1 N–H and O–H groups in total. The van der Waals surface area contributed by atoms with Crippen molar-refractivity contribution in [1.29, 1.82) is 5.26 Å². The number of carbonyl (C=O) groups excluding carboxylic acids is 1. The highest BCUT2D eigenvalue weighted by Crippen LogP contribution is 2.43. The normalized spacial score (nSPS) is 26.3. The minimum absolute atomic E-state index is 0.0511. The van der Waals surface area contributed by atoms with Crippen LogP contribution in [0.5, 0.6) is 0 Å². The Balaban J connectivity index is 1.93. The van der Waals surface area contributed by atoms with Gasteiger partial charge in [0.15, 0.2) is 0 Å². The zero-order chi connectivity index (χ0) is 18.6. The maximum Gasteiger partial charge on any atom is 0.248 e. The van der Waals surface area contributed by atoms with E-state index >= 15 is 0 Å². The number of nitrogens with zero attached hydrogens (tertiary/aromatic N) is 3. The van der Waals surface area contributed by atoms with Crippen LogP contribution in [0.25, 0.3) is 10.8 Å². The van der Waals surface area contributed by atoms with E-state index in [0.29, 0.717) is 18.5 Å². The molecule has 0 radical (unpaired) electrons. The van der Waals surface area contributed by atoms with E-state index in [2.05, 4.69) is 31.7 Å². The lowest BCUT2D eigenvalue weighted by molar-refractivity contribution is -0.121. The van der Waals surface area contributed by atoms with E-state index in [1.807, 2.05) is 35.2 Å². The SMILES string of the molecule is CC(C)(C)[C@H]1N(c2ccc(C#N)c3ccccc23)C(=O)[C@@H]2[C@@H](O)CCN21. The third-order valence-corrected chi connectivity index (χ3v) is 5.51. The maximum atomic E-state index is 13.3. The Hall–Kier alpha value is -2.42. The smallest absolute Gasteiger partial charge is 0.248 e. The zero-order valence-corrected chi connectivity index (χ0v) is 15.3. The number of benzene rings is 2. The van der Waals surface area contributed by atoms with Crippen molar-refractivity contribution >= 4 is 22.4 Å². The number of nitriles is 1. The number of hydrogen-bond acceptors (Lipinski definition) is 4. The van der Waals surface area contributed by atoms with Crippen molar-refractivity contribution in [3.05, 3.63) is 42.0 Å². The highest BCUT2D eigenvalue weighted by atomic mass is 16.3. The van der Waals surface area contributed by atoms with Crippen LogP contribution in [0.3, 0.4) is 0 Å². The predicted molar refractivity (Wildman–Crippen MR) is 101 cm³/mol. The van der Waals surface area contributed by atoms with Gasteiger partial charge in [0, 0.05) is 17.3 Å². The minimum atomic E-state index is -0.623. The molecule has 0 spiro atoms. The summed E-state index contributed by atoms with van der Waals surface area (Å²) < 4.78 is 0. The monoisotopic (exact) mass is 349 g/mol. The molecule has 2 aromatic rings. The molecule has 4 rings (SSSR count). The molecule has 2 heterocycles. The second-order valence-corrected chi connectivity index (χ2v) is 8.28. The molecule has 3 atom stereocenters. The molecule has 0 bridgehead atoms. The first-order valence-electron chi connectivity index (χ1n) is 9.03. The van der Waals surface area contributed by atoms with Gasteiger partial charge in [0.05, 0.1) is 29.6 Å². The fraction of sp³-hybridized carbons (Fsp3) is 0.429. The van der Waals surface area contributed by atoms with Crippen molar-refractivity contribution in [1.82, 2.24) is 4.90 Å². The van der Waals surface area contributed by atoms with Gasteiger partial charge in [-0.3, -0.25) is 14.6 Å². The van der Waals surface area contributed by atoms with Gasteiger partial charge in [-0.25, -0.2) is 0 Å². The van der Waals surface area contributed by atoms with E-state index in [1.165, 1.54) is 0 Å². The van der Waals surface area contributed by atoms with Crippen LogP contribution in [-0.2, 0) is 4.79 Å². The molecule has 134 valence electrons. The molecule has 2 aliphatic heterocycles. The van der Waals surface area contributed by atoms with E-state index in [0.717, 1.165) is 16.5 Å². The fourth-order valence-electron chi connectivity index (χ4n) is 4.52. The van der Waals surface area contributed by atoms with Gasteiger partial charge in [-0.05, 0) is 24.0 Å². The largest absolute Gasteiger partial charge is 0.391 e. The van der Waals surface area contributed by atoms with Crippen LogP contribution in [0.4, 0.5) is 5.69 Å². The van der Waals surface area contributed by atoms with E-state index in [1.54, 1.807) is 6.07 Å². The number of fused-ring (bicyclic) bond motifs is 2. The number of aliphatic hydroxyl groups excluding tert-OH is 1. The molecule has 2 aliphatic rings. The molecule has 0 saturated carbocycles. The van der Waals surface area contributed by atoms with E-state index in [-0.39, 0.29) is 17.5 Å². The summed E-state index contributed by atoms with van der Waals surface area (Å²) in [6.07, 6.45) is -0.124. The number of carbonyl (C=O) groups is 1. The van der Waals surface area contributed by atoms with Crippen LogP contribution in [0.2, 0.25) is 0 Å². The number of amides is 1. The summed E-state index contributed by atoms with van der Waals surface area (Å²) in [7, 11) is 0. The van der Waals surface area contributed by atoms with Gasteiger partial charge < -0.3 is 5.11 Å². The lowest BCUT2D eigenvalue weighted by Crippen LogP contribution is -2.48. The lowest BCUT2D eigenvalue weighted by Gasteiger charge is -2.39. The summed E-state index contributed by atoms with van der Waals surface area (Å²) in [5.41, 5.74) is 1.23. The Bertz CT molecular complexity index is 925. The van der Waals surface area contributed by atoms with Crippen LogP contribution < -0.4 is 4.90 Å². The van der Waals surface area contributed by atoms with Crippen molar-refractivity contribution in [3.8, 4) is 6.07 Å². The first-order valence-corrected chi connectivity index (χ1v) is 9.03. The average Bonchev–Trinajstić information content (AvgIpc) is 3.12. The third kappa shape index (κ3) is 2.33. The Labute approximate surface area is 153 Å². The molecule has 0 aliphatic carbocycles. The molecule has 5 heteroatoms. The molecule has 1 amide bonds. The van der Waals surface area contributed by atoms with Crippen LogP contribution in [-0.4, -0.2) is 40.8 Å². The van der Waals surface area contributed by atoms with Crippen molar-refractivity contribution in [2.75, 3.05) is 11.4 Å². The molecule has 0 unspecified atom stereocenters. The quantitative estimate of drug-likeness (QED) is 0.860. The van der Waals surface area contributed by atoms with E-state index < -0.39 is 12.1 Å². The summed E-state index contributed by atoms with van der Waals surface area (Å²) >= 11 is 0. The maximum absolute atomic E-state index is 13.3. The molecule has 2 aromatic carbocycles. The fourth-order valence-corrected chi connectivity index (χ4v) is 4.52. The summed E-state index contributed by atoms with van der Waals surface area (Å²) in [4.78, 5) is 17.3. The van der Waals surface area contributed by atoms with Gasteiger partial charge in [0.1, 0.15) is 6.04 Å². The van der Waals surface area contributed by atoms with Crippen LogP contribution in [0, 0.1) is 16.7 Å². The van der Waals surface area contributed by atoms with Gasteiger partial charge in [-0.15, -0.1) is 0 Å². The van der Waals surface area contributed by atoms with Crippen molar-refractivity contribution in [2.45, 2.75) is 45.5 Å². The Morgan fingerprint density at radius 3 is 2.50 bits per heavy atom. The highest BCUT2D eigenvalue weighted by molar-refractivity contribution is 6.08. The zero-order valence-electron chi connectivity index (χ0n) is 15.3. The molecule has 2 saturated heterocycles. The first-order chi connectivity index (χ1) is 12.3.